The Balaban J connectivity index is 1.94. The number of hydrogen-bond acceptors (Lipinski definition) is 4. The Kier molecular flexibility index (Phi) is 3.24. The van der Waals surface area contributed by atoms with Gasteiger partial charge in [-0.05, 0) is 44.2 Å². The lowest BCUT2D eigenvalue weighted by molar-refractivity contribution is -0.129. The van der Waals surface area contributed by atoms with Crippen molar-refractivity contribution in [2.75, 3.05) is 0 Å². The Morgan fingerprint density at radius 1 is 1.20 bits per heavy atom. The monoisotopic (exact) mass is 283 g/mol. The van der Waals surface area contributed by atoms with E-state index in [0.29, 0.717) is 11.6 Å². The van der Waals surface area contributed by atoms with E-state index >= 15 is 0 Å². The molecule has 1 aliphatic rings. The van der Waals surface area contributed by atoms with E-state index in [-0.39, 0.29) is 0 Å². The molecular weight excluding hydrogens is 270 g/mol. The van der Waals surface area contributed by atoms with Crippen molar-refractivity contribution < 1.29 is 9.53 Å². The van der Waals surface area contributed by atoms with Gasteiger partial charge in [0.2, 0.25) is 5.90 Å². The summed E-state index contributed by atoms with van der Waals surface area (Å²) in [5, 5.41) is 0. The standard InChI is InChI=1S/C16H13NO2S/c1-10-4-3-5-12(8-10)15-17-14(16(18)19-15)9-13-7-6-11(2)20-13/h3-9H,1-2H3/b14-9-. The van der Waals surface area contributed by atoms with Crippen LogP contribution in [-0.4, -0.2) is 11.9 Å². The van der Waals surface area contributed by atoms with Crippen molar-refractivity contribution in [1.82, 2.24) is 0 Å². The second kappa shape index (κ2) is 5.06. The number of nitrogens with zero attached hydrogens (tertiary/aromatic N) is 1. The molecule has 0 unspecified atom stereocenters. The number of ether oxygens (including phenoxy) is 1. The van der Waals surface area contributed by atoms with Crippen molar-refractivity contribution in [3.63, 3.8) is 0 Å². The van der Waals surface area contributed by atoms with Gasteiger partial charge < -0.3 is 4.74 Å². The zero-order chi connectivity index (χ0) is 14.1. The van der Waals surface area contributed by atoms with Crippen molar-refractivity contribution in [1.29, 1.82) is 0 Å². The average Bonchev–Trinajstić information content (AvgIpc) is 2.97. The molecule has 0 aliphatic carbocycles. The molecule has 0 N–H and O–H groups in total. The first-order valence-electron chi connectivity index (χ1n) is 6.28. The number of benzene rings is 1. The van der Waals surface area contributed by atoms with Crippen LogP contribution in [0.3, 0.4) is 0 Å². The zero-order valence-electron chi connectivity index (χ0n) is 11.2. The number of aryl methyl sites for hydroxylation is 2. The van der Waals surface area contributed by atoms with Gasteiger partial charge in [0.25, 0.3) is 0 Å². The van der Waals surface area contributed by atoms with Crippen molar-refractivity contribution >= 4 is 29.3 Å². The average molecular weight is 283 g/mol. The Morgan fingerprint density at radius 2 is 2.05 bits per heavy atom. The lowest BCUT2D eigenvalue weighted by atomic mass is 10.1. The second-order valence-corrected chi connectivity index (χ2v) is 5.97. The summed E-state index contributed by atoms with van der Waals surface area (Å²) in [4.78, 5) is 18.4. The maximum Gasteiger partial charge on any atom is 0.363 e. The van der Waals surface area contributed by atoms with Gasteiger partial charge in [0, 0.05) is 15.3 Å². The number of carbonyl (C=O) groups is 1. The molecule has 0 atom stereocenters. The SMILES string of the molecule is Cc1cccc(C2=N/C(=C\c3ccc(C)s3)C(=O)O2)c1. The Morgan fingerprint density at radius 3 is 2.75 bits per heavy atom. The molecule has 3 nitrogen and oxygen atoms in total. The number of rotatable bonds is 2. The summed E-state index contributed by atoms with van der Waals surface area (Å²) in [6.07, 6.45) is 1.77. The highest BCUT2D eigenvalue weighted by Crippen LogP contribution is 2.23. The molecule has 4 heteroatoms. The summed E-state index contributed by atoms with van der Waals surface area (Å²) in [7, 11) is 0. The summed E-state index contributed by atoms with van der Waals surface area (Å²) in [5.74, 6) is -0.0224. The van der Waals surface area contributed by atoms with Crippen molar-refractivity contribution in [3.05, 3.63) is 63.0 Å². The maximum absolute atomic E-state index is 11.9. The van der Waals surface area contributed by atoms with Gasteiger partial charge in [0.15, 0.2) is 5.70 Å². The molecule has 0 amide bonds. The van der Waals surface area contributed by atoms with Gasteiger partial charge in [-0.3, -0.25) is 0 Å². The van der Waals surface area contributed by atoms with Crippen LogP contribution in [0.15, 0.2) is 47.1 Å². The van der Waals surface area contributed by atoms with Gasteiger partial charge in [-0.1, -0.05) is 17.7 Å². The van der Waals surface area contributed by atoms with Crippen molar-refractivity contribution in [3.8, 4) is 0 Å². The largest absolute Gasteiger partial charge is 0.402 e. The van der Waals surface area contributed by atoms with Crippen molar-refractivity contribution in [2.45, 2.75) is 13.8 Å². The number of thiophene rings is 1. The first-order chi connectivity index (χ1) is 9.61. The smallest absolute Gasteiger partial charge is 0.363 e. The van der Waals surface area contributed by atoms with E-state index in [1.54, 1.807) is 17.4 Å². The minimum Gasteiger partial charge on any atom is -0.402 e. The molecule has 0 fully saturated rings. The quantitative estimate of drug-likeness (QED) is 0.622. The number of esters is 1. The fraction of sp³-hybridized carbons (Fsp3) is 0.125. The van der Waals surface area contributed by atoms with Gasteiger partial charge in [0.05, 0.1) is 0 Å². The van der Waals surface area contributed by atoms with Crippen LogP contribution in [0.25, 0.3) is 6.08 Å². The van der Waals surface area contributed by atoms with Crippen LogP contribution in [0.1, 0.15) is 20.9 Å². The van der Waals surface area contributed by atoms with Crippen LogP contribution >= 0.6 is 11.3 Å². The molecule has 20 heavy (non-hydrogen) atoms. The molecule has 0 spiro atoms. The van der Waals surface area contributed by atoms with E-state index in [9.17, 15) is 4.79 Å². The van der Waals surface area contributed by atoms with Gasteiger partial charge in [0.1, 0.15) is 0 Å². The van der Waals surface area contributed by atoms with Gasteiger partial charge in [-0.25, -0.2) is 9.79 Å². The summed E-state index contributed by atoms with van der Waals surface area (Å²) in [6, 6.07) is 11.7. The topological polar surface area (TPSA) is 38.7 Å². The Labute approximate surface area is 121 Å². The molecule has 1 aromatic heterocycles. The minimum absolute atomic E-state index is 0.350. The van der Waals surface area contributed by atoms with Crippen LogP contribution in [-0.2, 0) is 9.53 Å². The molecule has 1 aromatic carbocycles. The molecule has 1 aliphatic heterocycles. The van der Waals surface area contributed by atoms with Gasteiger partial charge in [-0.15, -0.1) is 11.3 Å². The summed E-state index contributed by atoms with van der Waals surface area (Å²) in [6.45, 7) is 4.02. The van der Waals surface area contributed by atoms with Crippen molar-refractivity contribution in [2.24, 2.45) is 4.99 Å². The van der Waals surface area contributed by atoms with E-state index in [1.165, 1.54) is 4.88 Å². The molecule has 3 rings (SSSR count). The first kappa shape index (κ1) is 12.8. The first-order valence-corrected chi connectivity index (χ1v) is 7.09. The predicted octanol–water partition coefficient (Wildman–Crippen LogP) is 3.71. The molecular formula is C16H13NO2S. The number of cyclic esters (lactones) is 1. The van der Waals surface area contributed by atoms with Crippen LogP contribution in [0.2, 0.25) is 0 Å². The van der Waals surface area contributed by atoms with E-state index in [2.05, 4.69) is 4.99 Å². The fourth-order valence-corrected chi connectivity index (χ4v) is 2.79. The molecule has 0 bridgehead atoms. The Hall–Kier alpha value is -2.20. The zero-order valence-corrected chi connectivity index (χ0v) is 12.0. The predicted molar refractivity (Wildman–Crippen MR) is 80.8 cm³/mol. The van der Waals surface area contributed by atoms with Crippen LogP contribution in [0.5, 0.6) is 0 Å². The molecule has 100 valence electrons. The van der Waals surface area contributed by atoms with E-state index in [1.807, 2.05) is 50.2 Å². The second-order valence-electron chi connectivity index (χ2n) is 4.65. The molecule has 2 heterocycles. The highest BCUT2D eigenvalue weighted by atomic mass is 32.1. The molecule has 2 aromatic rings. The number of aliphatic imine (C=N–C) groups is 1. The van der Waals surface area contributed by atoms with Gasteiger partial charge in [-0.2, -0.15) is 0 Å². The summed E-state index contributed by atoms with van der Waals surface area (Å²) in [5.41, 5.74) is 2.28. The van der Waals surface area contributed by atoms with E-state index in [0.717, 1.165) is 16.0 Å². The lowest BCUT2D eigenvalue weighted by Gasteiger charge is -1.99. The molecule has 0 saturated heterocycles. The van der Waals surface area contributed by atoms with E-state index < -0.39 is 5.97 Å². The molecule has 0 radical (unpaired) electrons. The number of hydrogen-bond donors (Lipinski definition) is 0. The minimum atomic E-state index is -0.396. The number of carbonyl (C=O) groups excluding carboxylic acids is 1. The van der Waals surface area contributed by atoms with E-state index in [4.69, 9.17) is 4.74 Å². The third-order valence-electron chi connectivity index (χ3n) is 2.93. The third-order valence-corrected chi connectivity index (χ3v) is 3.87. The fourth-order valence-electron chi connectivity index (χ4n) is 1.98. The highest BCUT2D eigenvalue weighted by Gasteiger charge is 2.24. The normalized spacial score (nSPS) is 16.4. The summed E-state index contributed by atoms with van der Waals surface area (Å²) >= 11 is 1.62. The van der Waals surface area contributed by atoms with Gasteiger partial charge >= 0.3 is 5.97 Å². The highest BCUT2D eigenvalue weighted by molar-refractivity contribution is 7.12. The lowest BCUT2D eigenvalue weighted by Crippen LogP contribution is -2.05. The van der Waals surface area contributed by atoms with Crippen LogP contribution in [0.4, 0.5) is 0 Å². The summed E-state index contributed by atoms with van der Waals surface area (Å²) < 4.78 is 5.24. The third kappa shape index (κ3) is 2.56. The molecule has 0 saturated carbocycles. The maximum atomic E-state index is 11.9. The van der Waals surface area contributed by atoms with Crippen LogP contribution in [0, 0.1) is 13.8 Å². The Bertz CT molecular complexity index is 740. The van der Waals surface area contributed by atoms with Crippen LogP contribution < -0.4 is 0 Å².